The topological polar surface area (TPSA) is 66.8 Å². The van der Waals surface area contributed by atoms with Gasteiger partial charge in [-0.2, -0.15) is 0 Å². The molecule has 2 heterocycles. The lowest BCUT2D eigenvalue weighted by Gasteiger charge is -2.13. The Kier molecular flexibility index (Phi) is 6.42. The number of hydrogen-bond donors (Lipinski definition) is 1. The predicted octanol–water partition coefficient (Wildman–Crippen LogP) is 5.07. The summed E-state index contributed by atoms with van der Waals surface area (Å²) in [5.41, 5.74) is 4.37. The third-order valence-corrected chi connectivity index (χ3v) is 6.35. The molecule has 4 rings (SSSR count). The van der Waals surface area contributed by atoms with Crippen LogP contribution in [0, 0.1) is 6.92 Å². The fourth-order valence-electron chi connectivity index (χ4n) is 3.59. The minimum atomic E-state index is 0.176. The highest BCUT2D eigenvalue weighted by molar-refractivity contribution is 7.99. The van der Waals surface area contributed by atoms with Crippen molar-refractivity contribution < 1.29 is 4.79 Å². The first-order valence-corrected chi connectivity index (χ1v) is 11.5. The highest BCUT2D eigenvalue weighted by atomic mass is 32.2. The molecule has 0 radical (unpaired) electrons. The highest BCUT2D eigenvalue weighted by Crippen LogP contribution is 2.33. The van der Waals surface area contributed by atoms with Crippen molar-refractivity contribution >= 4 is 28.6 Å². The lowest BCUT2D eigenvalue weighted by molar-refractivity contribution is -0.128. The van der Waals surface area contributed by atoms with Crippen LogP contribution in [0.4, 0.5) is 0 Å². The van der Waals surface area contributed by atoms with Gasteiger partial charge in [0.2, 0.25) is 5.91 Å². The Morgan fingerprint density at radius 1 is 1.06 bits per heavy atom. The largest absolute Gasteiger partial charge is 0.360 e. The van der Waals surface area contributed by atoms with Crippen LogP contribution in [0.1, 0.15) is 24.8 Å². The molecule has 2 aromatic carbocycles. The number of thioether (sulfide) groups is 1. The number of carbonyl (C=O) groups excluding carboxylic acids is 1. The number of amides is 1. The minimum absolute atomic E-state index is 0.176. The number of rotatable bonds is 8. The van der Waals surface area contributed by atoms with Crippen molar-refractivity contribution in [1.29, 1.82) is 0 Å². The van der Waals surface area contributed by atoms with Crippen molar-refractivity contribution in [2.75, 3.05) is 19.8 Å². The van der Waals surface area contributed by atoms with Crippen LogP contribution in [-0.2, 0) is 4.79 Å². The van der Waals surface area contributed by atoms with Gasteiger partial charge in [0.05, 0.1) is 5.69 Å². The van der Waals surface area contributed by atoms with E-state index < -0.39 is 0 Å². The maximum atomic E-state index is 11.8. The van der Waals surface area contributed by atoms with Crippen LogP contribution in [0.25, 0.3) is 28.0 Å². The zero-order chi connectivity index (χ0) is 21.8. The number of benzene rings is 2. The van der Waals surface area contributed by atoms with Gasteiger partial charge in [-0.05, 0) is 37.5 Å². The SMILES string of the molecule is Cc1ccccc1-n1c(SCCCCC(=O)N(C)C)nnc1-c1c[nH]c2ccccc12. The molecule has 4 aromatic rings. The van der Waals surface area contributed by atoms with Crippen LogP contribution in [0.2, 0.25) is 0 Å². The number of unbranched alkanes of at least 4 members (excludes halogenated alkanes) is 1. The molecule has 0 aliphatic rings. The van der Waals surface area contributed by atoms with Crippen molar-refractivity contribution in [3.63, 3.8) is 0 Å². The summed E-state index contributed by atoms with van der Waals surface area (Å²) in [5.74, 6) is 1.89. The van der Waals surface area contributed by atoms with E-state index in [-0.39, 0.29) is 5.91 Å². The van der Waals surface area contributed by atoms with Crippen molar-refractivity contribution in [2.24, 2.45) is 0 Å². The zero-order valence-corrected chi connectivity index (χ0v) is 18.9. The van der Waals surface area contributed by atoms with Crippen molar-refractivity contribution in [1.82, 2.24) is 24.6 Å². The van der Waals surface area contributed by atoms with E-state index in [0.29, 0.717) is 6.42 Å². The highest BCUT2D eigenvalue weighted by Gasteiger charge is 2.19. The number of aromatic nitrogens is 4. The van der Waals surface area contributed by atoms with Gasteiger partial charge < -0.3 is 9.88 Å². The summed E-state index contributed by atoms with van der Waals surface area (Å²) < 4.78 is 2.15. The Morgan fingerprint density at radius 3 is 2.65 bits per heavy atom. The third-order valence-electron chi connectivity index (χ3n) is 5.33. The minimum Gasteiger partial charge on any atom is -0.360 e. The molecule has 2 aromatic heterocycles. The molecule has 1 N–H and O–H groups in total. The summed E-state index contributed by atoms with van der Waals surface area (Å²) in [7, 11) is 3.60. The summed E-state index contributed by atoms with van der Waals surface area (Å²) >= 11 is 1.69. The molecule has 0 atom stereocenters. The molecule has 0 saturated carbocycles. The zero-order valence-electron chi connectivity index (χ0n) is 18.1. The number of carbonyl (C=O) groups is 1. The fourth-order valence-corrected chi connectivity index (χ4v) is 4.53. The maximum absolute atomic E-state index is 11.8. The van der Waals surface area contributed by atoms with E-state index >= 15 is 0 Å². The first-order chi connectivity index (χ1) is 15.1. The summed E-state index contributed by atoms with van der Waals surface area (Å²) in [6.07, 6.45) is 4.41. The van der Waals surface area contributed by atoms with Crippen LogP contribution in [0.5, 0.6) is 0 Å². The van der Waals surface area contributed by atoms with Crippen LogP contribution >= 0.6 is 11.8 Å². The monoisotopic (exact) mass is 433 g/mol. The van der Waals surface area contributed by atoms with Gasteiger partial charge in [-0.25, -0.2) is 0 Å². The van der Waals surface area contributed by atoms with E-state index in [2.05, 4.69) is 50.9 Å². The molecule has 0 aliphatic heterocycles. The molecule has 0 unspecified atom stereocenters. The average Bonchev–Trinajstić information content (AvgIpc) is 3.37. The van der Waals surface area contributed by atoms with Crippen LogP contribution < -0.4 is 0 Å². The normalized spacial score (nSPS) is 11.2. The molecular formula is C24H27N5OS. The van der Waals surface area contributed by atoms with Gasteiger partial charge in [0.25, 0.3) is 0 Å². The van der Waals surface area contributed by atoms with Crippen molar-refractivity contribution in [2.45, 2.75) is 31.3 Å². The number of nitrogens with one attached hydrogen (secondary N) is 1. The van der Waals surface area contributed by atoms with Gasteiger partial charge in [-0.15, -0.1) is 10.2 Å². The van der Waals surface area contributed by atoms with E-state index in [1.165, 1.54) is 5.56 Å². The molecule has 6 nitrogen and oxygen atoms in total. The van der Waals surface area contributed by atoms with Crippen LogP contribution in [0.15, 0.2) is 59.9 Å². The van der Waals surface area contributed by atoms with Gasteiger partial charge in [0, 0.05) is 48.9 Å². The number of aromatic amines is 1. The summed E-state index contributed by atoms with van der Waals surface area (Å²) in [5, 5.41) is 11.1. The molecule has 0 fully saturated rings. The van der Waals surface area contributed by atoms with E-state index in [1.807, 2.05) is 30.5 Å². The smallest absolute Gasteiger partial charge is 0.222 e. The van der Waals surface area contributed by atoms with Gasteiger partial charge >= 0.3 is 0 Å². The molecule has 160 valence electrons. The summed E-state index contributed by atoms with van der Waals surface area (Å²) in [6.45, 7) is 2.11. The predicted molar refractivity (Wildman–Crippen MR) is 127 cm³/mol. The Hall–Kier alpha value is -3.06. The van der Waals surface area contributed by atoms with Crippen LogP contribution in [0.3, 0.4) is 0 Å². The number of nitrogens with zero attached hydrogens (tertiary/aromatic N) is 4. The summed E-state index contributed by atoms with van der Waals surface area (Å²) in [4.78, 5) is 16.8. The molecule has 1 amide bonds. The number of para-hydroxylation sites is 2. The first-order valence-electron chi connectivity index (χ1n) is 10.5. The second-order valence-electron chi connectivity index (χ2n) is 7.77. The van der Waals surface area contributed by atoms with Gasteiger partial charge in [-0.3, -0.25) is 9.36 Å². The molecule has 0 aliphatic carbocycles. The van der Waals surface area contributed by atoms with E-state index in [9.17, 15) is 4.79 Å². The van der Waals surface area contributed by atoms with Gasteiger partial charge in [0.1, 0.15) is 0 Å². The Balaban J connectivity index is 1.62. The molecule has 0 spiro atoms. The van der Waals surface area contributed by atoms with Crippen LogP contribution in [-0.4, -0.2) is 50.4 Å². The fraction of sp³-hybridized carbons (Fsp3) is 0.292. The van der Waals surface area contributed by atoms with Crippen molar-refractivity contribution in [3.05, 3.63) is 60.3 Å². The second kappa shape index (κ2) is 9.39. The summed E-state index contributed by atoms with van der Waals surface area (Å²) in [6, 6.07) is 16.5. The quantitative estimate of drug-likeness (QED) is 0.311. The number of H-pyrrole nitrogens is 1. The molecule has 0 bridgehead atoms. The van der Waals surface area contributed by atoms with E-state index in [1.54, 1.807) is 30.8 Å². The number of fused-ring (bicyclic) bond motifs is 1. The molecule has 7 heteroatoms. The lowest BCUT2D eigenvalue weighted by Crippen LogP contribution is -2.21. The Morgan fingerprint density at radius 2 is 1.84 bits per heavy atom. The third kappa shape index (κ3) is 4.51. The molecular weight excluding hydrogens is 406 g/mol. The maximum Gasteiger partial charge on any atom is 0.222 e. The van der Waals surface area contributed by atoms with E-state index in [0.717, 1.165) is 51.7 Å². The molecule has 0 saturated heterocycles. The van der Waals surface area contributed by atoms with Crippen molar-refractivity contribution in [3.8, 4) is 17.1 Å². The van der Waals surface area contributed by atoms with Gasteiger partial charge in [0.15, 0.2) is 11.0 Å². The van der Waals surface area contributed by atoms with Gasteiger partial charge in [-0.1, -0.05) is 48.2 Å². The second-order valence-corrected chi connectivity index (χ2v) is 8.83. The number of aryl methyl sites for hydroxylation is 1. The Labute approximate surface area is 186 Å². The lowest BCUT2D eigenvalue weighted by atomic mass is 10.1. The molecule has 31 heavy (non-hydrogen) atoms. The first kappa shape index (κ1) is 21.2. The van der Waals surface area contributed by atoms with E-state index in [4.69, 9.17) is 0 Å². The average molecular weight is 434 g/mol. The number of hydrogen-bond acceptors (Lipinski definition) is 4. The Bertz CT molecular complexity index is 1190. The standard InChI is InChI=1S/C24H27N5OS/c1-17-10-4-7-13-21(17)29-23(19-16-25-20-12-6-5-11-18(19)20)26-27-24(29)31-15-9-8-14-22(30)28(2)3/h4-7,10-13,16,25H,8-9,14-15H2,1-3H3.